The standard InChI is InChI=1S/C6H12FN/c1-6(4-8-2)3-5(6)7/h5,8H,3-4H2,1-2H3. The maximum absolute atomic E-state index is 12.3. The molecule has 0 aromatic carbocycles. The van der Waals surface area contributed by atoms with Crippen molar-refractivity contribution >= 4 is 0 Å². The summed E-state index contributed by atoms with van der Waals surface area (Å²) in [7, 11) is 1.86. The van der Waals surface area contributed by atoms with Gasteiger partial charge in [0.25, 0.3) is 0 Å². The first kappa shape index (κ1) is 6.02. The van der Waals surface area contributed by atoms with E-state index >= 15 is 0 Å². The van der Waals surface area contributed by atoms with Gasteiger partial charge in [-0.25, -0.2) is 4.39 Å². The number of alkyl halides is 1. The highest BCUT2D eigenvalue weighted by molar-refractivity contribution is 5.00. The van der Waals surface area contributed by atoms with Crippen molar-refractivity contribution in [3.05, 3.63) is 0 Å². The zero-order chi connectivity index (χ0) is 6.20. The van der Waals surface area contributed by atoms with E-state index < -0.39 is 6.17 Å². The lowest BCUT2D eigenvalue weighted by Gasteiger charge is -2.04. The second-order valence-electron chi connectivity index (χ2n) is 2.86. The molecule has 0 aromatic rings. The molecule has 0 aromatic heterocycles. The van der Waals surface area contributed by atoms with Crippen molar-refractivity contribution < 1.29 is 4.39 Å². The van der Waals surface area contributed by atoms with Crippen LogP contribution in [0.15, 0.2) is 0 Å². The molecule has 0 aliphatic heterocycles. The first-order chi connectivity index (χ1) is 3.69. The Hall–Kier alpha value is -0.110. The summed E-state index contributed by atoms with van der Waals surface area (Å²) in [6, 6.07) is 0. The summed E-state index contributed by atoms with van der Waals surface area (Å²) in [6.45, 7) is 2.78. The van der Waals surface area contributed by atoms with Crippen LogP contribution in [0.5, 0.6) is 0 Å². The Labute approximate surface area is 49.3 Å². The van der Waals surface area contributed by atoms with E-state index in [0.29, 0.717) is 0 Å². The van der Waals surface area contributed by atoms with Gasteiger partial charge >= 0.3 is 0 Å². The lowest BCUT2D eigenvalue weighted by atomic mass is 10.1. The van der Waals surface area contributed by atoms with Crippen LogP contribution in [0.4, 0.5) is 4.39 Å². The molecule has 2 heteroatoms. The van der Waals surface area contributed by atoms with Crippen LogP contribution in [0.2, 0.25) is 0 Å². The van der Waals surface area contributed by atoms with Gasteiger partial charge < -0.3 is 5.32 Å². The SMILES string of the molecule is CNCC1(C)CC1F. The molecule has 0 bridgehead atoms. The summed E-state index contributed by atoms with van der Waals surface area (Å²) in [5, 5.41) is 2.96. The van der Waals surface area contributed by atoms with Crippen LogP contribution < -0.4 is 5.32 Å². The highest BCUT2D eigenvalue weighted by Crippen LogP contribution is 2.47. The molecule has 2 unspecified atom stereocenters. The second-order valence-corrected chi connectivity index (χ2v) is 2.86. The van der Waals surface area contributed by atoms with Crippen molar-refractivity contribution in [3.63, 3.8) is 0 Å². The predicted octanol–water partition coefficient (Wildman–Crippen LogP) is 0.954. The van der Waals surface area contributed by atoms with E-state index in [1.807, 2.05) is 14.0 Å². The van der Waals surface area contributed by atoms with Gasteiger partial charge in [-0.3, -0.25) is 0 Å². The maximum atomic E-state index is 12.3. The molecule has 1 nitrogen and oxygen atoms in total. The van der Waals surface area contributed by atoms with Crippen molar-refractivity contribution in [2.75, 3.05) is 13.6 Å². The maximum Gasteiger partial charge on any atom is 0.107 e. The Morgan fingerprint density at radius 2 is 2.38 bits per heavy atom. The first-order valence-electron chi connectivity index (χ1n) is 2.98. The van der Waals surface area contributed by atoms with Gasteiger partial charge in [0.2, 0.25) is 0 Å². The molecule has 1 aliphatic carbocycles. The number of hydrogen-bond donors (Lipinski definition) is 1. The second kappa shape index (κ2) is 1.69. The normalized spacial score (nSPS) is 44.6. The number of hydrogen-bond acceptors (Lipinski definition) is 1. The van der Waals surface area contributed by atoms with Crippen LogP contribution in [0.1, 0.15) is 13.3 Å². The molecular formula is C6H12FN. The Morgan fingerprint density at radius 1 is 1.88 bits per heavy atom. The fraction of sp³-hybridized carbons (Fsp3) is 1.00. The highest BCUT2D eigenvalue weighted by Gasteiger charge is 2.50. The zero-order valence-electron chi connectivity index (χ0n) is 5.37. The molecule has 1 rings (SSSR count). The molecule has 1 N–H and O–H groups in total. The van der Waals surface area contributed by atoms with Crippen LogP contribution in [-0.2, 0) is 0 Å². The molecule has 0 radical (unpaired) electrons. The van der Waals surface area contributed by atoms with Gasteiger partial charge in [-0.15, -0.1) is 0 Å². The average Bonchev–Trinajstić information content (AvgIpc) is 2.16. The average molecular weight is 117 g/mol. The van der Waals surface area contributed by atoms with E-state index in [0.717, 1.165) is 13.0 Å². The third-order valence-corrected chi connectivity index (χ3v) is 1.82. The van der Waals surface area contributed by atoms with Crippen LogP contribution in [-0.4, -0.2) is 19.8 Å². The van der Waals surface area contributed by atoms with Gasteiger partial charge in [-0.1, -0.05) is 6.92 Å². The van der Waals surface area contributed by atoms with Gasteiger partial charge in [0.15, 0.2) is 0 Å². The lowest BCUT2D eigenvalue weighted by Crippen LogP contribution is -2.19. The summed E-state index contributed by atoms with van der Waals surface area (Å²) in [6.07, 6.45) is 0.198. The Kier molecular flexibility index (Phi) is 1.27. The molecule has 48 valence electrons. The van der Waals surface area contributed by atoms with Crippen LogP contribution in [0, 0.1) is 5.41 Å². The van der Waals surface area contributed by atoms with Crippen molar-refractivity contribution in [1.29, 1.82) is 0 Å². The summed E-state index contributed by atoms with van der Waals surface area (Å²) in [5.74, 6) is 0. The quantitative estimate of drug-likeness (QED) is 0.568. The van der Waals surface area contributed by atoms with Crippen molar-refractivity contribution in [2.24, 2.45) is 5.41 Å². The van der Waals surface area contributed by atoms with E-state index in [1.54, 1.807) is 0 Å². The summed E-state index contributed by atoms with van der Waals surface area (Å²) in [4.78, 5) is 0. The Bertz CT molecular complexity index is 94.5. The molecular weight excluding hydrogens is 105 g/mol. The first-order valence-corrected chi connectivity index (χ1v) is 2.98. The Balaban J connectivity index is 2.25. The van der Waals surface area contributed by atoms with Crippen molar-refractivity contribution in [3.8, 4) is 0 Å². The third kappa shape index (κ3) is 0.848. The number of rotatable bonds is 2. The number of halogens is 1. The monoisotopic (exact) mass is 117 g/mol. The third-order valence-electron chi connectivity index (χ3n) is 1.82. The molecule has 1 aliphatic rings. The number of nitrogens with one attached hydrogen (secondary N) is 1. The van der Waals surface area contributed by atoms with E-state index in [1.165, 1.54) is 0 Å². The van der Waals surface area contributed by atoms with E-state index in [4.69, 9.17) is 0 Å². The molecule has 0 heterocycles. The fourth-order valence-electron chi connectivity index (χ4n) is 0.937. The Morgan fingerprint density at radius 3 is 2.50 bits per heavy atom. The summed E-state index contributed by atoms with van der Waals surface area (Å²) >= 11 is 0. The smallest absolute Gasteiger partial charge is 0.107 e. The summed E-state index contributed by atoms with van der Waals surface area (Å²) < 4.78 is 12.3. The molecule has 0 spiro atoms. The van der Waals surface area contributed by atoms with Gasteiger partial charge in [0.05, 0.1) is 0 Å². The van der Waals surface area contributed by atoms with E-state index in [-0.39, 0.29) is 5.41 Å². The van der Waals surface area contributed by atoms with Gasteiger partial charge in [0, 0.05) is 12.0 Å². The van der Waals surface area contributed by atoms with Crippen molar-refractivity contribution in [2.45, 2.75) is 19.5 Å². The molecule has 8 heavy (non-hydrogen) atoms. The zero-order valence-corrected chi connectivity index (χ0v) is 5.37. The van der Waals surface area contributed by atoms with Crippen LogP contribution >= 0.6 is 0 Å². The van der Waals surface area contributed by atoms with Crippen LogP contribution in [0.25, 0.3) is 0 Å². The van der Waals surface area contributed by atoms with Crippen LogP contribution in [0.3, 0.4) is 0 Å². The fourth-order valence-corrected chi connectivity index (χ4v) is 0.937. The minimum Gasteiger partial charge on any atom is -0.319 e. The molecule has 0 amide bonds. The lowest BCUT2D eigenvalue weighted by molar-refractivity contribution is 0.370. The van der Waals surface area contributed by atoms with Gasteiger partial charge in [0.1, 0.15) is 6.17 Å². The predicted molar refractivity (Wildman–Crippen MR) is 31.5 cm³/mol. The van der Waals surface area contributed by atoms with Crippen molar-refractivity contribution in [1.82, 2.24) is 5.32 Å². The topological polar surface area (TPSA) is 12.0 Å². The molecule has 1 fully saturated rings. The minimum atomic E-state index is -0.546. The van der Waals surface area contributed by atoms with E-state index in [2.05, 4.69) is 5.32 Å². The van der Waals surface area contributed by atoms with Gasteiger partial charge in [-0.2, -0.15) is 0 Å². The molecule has 1 saturated carbocycles. The molecule has 0 saturated heterocycles. The molecule has 2 atom stereocenters. The summed E-state index contributed by atoms with van der Waals surface area (Å²) in [5.41, 5.74) is -0.0191. The highest BCUT2D eigenvalue weighted by atomic mass is 19.1. The van der Waals surface area contributed by atoms with Gasteiger partial charge in [-0.05, 0) is 13.5 Å². The minimum absolute atomic E-state index is 0.0191. The largest absolute Gasteiger partial charge is 0.319 e. The van der Waals surface area contributed by atoms with E-state index in [9.17, 15) is 4.39 Å².